The summed E-state index contributed by atoms with van der Waals surface area (Å²) in [6, 6.07) is 29.4. The molecule has 3 saturated carbocycles. The van der Waals surface area contributed by atoms with Crippen LogP contribution in [0.15, 0.2) is 89.7 Å². The fourth-order valence-corrected chi connectivity index (χ4v) is 9.55. The molecule has 2 aromatic carbocycles. The summed E-state index contributed by atoms with van der Waals surface area (Å²) in [5.41, 5.74) is 9.26. The maximum Gasteiger partial charge on any atom is 0.125 e. The van der Waals surface area contributed by atoms with Gasteiger partial charge in [0, 0.05) is 43.4 Å². The molecule has 2 bridgehead atoms. The Hall–Kier alpha value is -3.44. The molecule has 1 radical (unpaired) electrons. The molecule has 0 N–H and O–H groups in total. The van der Waals surface area contributed by atoms with Crippen LogP contribution in [-0.2, 0) is 32.9 Å². The van der Waals surface area contributed by atoms with E-state index in [1.165, 1.54) is 54.8 Å². The van der Waals surface area contributed by atoms with Crippen molar-refractivity contribution in [2.75, 3.05) is 0 Å². The summed E-state index contributed by atoms with van der Waals surface area (Å²) in [5.74, 6) is 3.42. The van der Waals surface area contributed by atoms with Gasteiger partial charge in [0.05, 0.1) is 13.7 Å². The van der Waals surface area contributed by atoms with Crippen molar-refractivity contribution >= 4 is 35.3 Å². The molecule has 9 rings (SSSR count). The van der Waals surface area contributed by atoms with E-state index in [4.69, 9.17) is 4.42 Å². The van der Waals surface area contributed by atoms with Crippen LogP contribution in [0.1, 0.15) is 57.1 Å². The summed E-state index contributed by atoms with van der Waals surface area (Å²) >= 11 is 0. The second-order valence-electron chi connectivity index (χ2n) is 15.5. The Labute approximate surface area is 306 Å². The van der Waals surface area contributed by atoms with Crippen LogP contribution in [0.3, 0.4) is 0 Å². The van der Waals surface area contributed by atoms with E-state index < -0.39 is 8.07 Å². The molecular formula is C43H47IrN3OSi-2. The molecule has 4 nitrogen and oxygen atoms in total. The van der Waals surface area contributed by atoms with Gasteiger partial charge in [-0.1, -0.05) is 100 Å². The molecule has 3 aliphatic rings. The zero-order chi connectivity index (χ0) is 33.3. The summed E-state index contributed by atoms with van der Waals surface area (Å²) in [5, 5.41) is 2.53. The fraction of sp³-hybridized carbons (Fsp3) is 0.372. The van der Waals surface area contributed by atoms with E-state index in [1.807, 2.05) is 54.9 Å². The van der Waals surface area contributed by atoms with E-state index in [2.05, 4.69) is 91.0 Å². The molecule has 1 atom stereocenters. The normalized spacial score (nSPS) is 18.7. The van der Waals surface area contributed by atoms with Crippen LogP contribution >= 0.6 is 0 Å². The maximum atomic E-state index is 5.95. The topological polar surface area (TPSA) is 51.8 Å². The average molecular weight is 842 g/mol. The first-order valence-corrected chi connectivity index (χ1v) is 21.3. The van der Waals surface area contributed by atoms with Crippen LogP contribution in [0.2, 0.25) is 19.6 Å². The predicted molar refractivity (Wildman–Crippen MR) is 201 cm³/mol. The number of benzene rings is 2. The van der Waals surface area contributed by atoms with Crippen molar-refractivity contribution < 1.29 is 24.5 Å². The Morgan fingerprint density at radius 1 is 0.857 bits per heavy atom. The van der Waals surface area contributed by atoms with E-state index >= 15 is 0 Å². The third-order valence-electron chi connectivity index (χ3n) is 10.3. The number of hydrogen-bond acceptors (Lipinski definition) is 4. The standard InChI is InChI=1S/C25H23N2O.C18H24NSi.Ir/c1-2-4-23-21(3-1)25-24(28-23)14-20(15-27-25)22-13-17(9-10-26-22)12-19-11-16-5-7-18(19)8-6-16;1-14(2)11-16-12-17(15-9-7-6-8-10-15)19-13-18(16)20(3,4)5;/h1-4,9-10,13,15-16,18-19H,5-8,11-12H2;6-9,12-14H,11H2,1-5H3;/q2*-1;. The van der Waals surface area contributed by atoms with E-state index in [0.717, 1.165) is 63.2 Å². The Kier molecular flexibility index (Phi) is 11.0. The van der Waals surface area contributed by atoms with Crippen LogP contribution in [0.4, 0.5) is 0 Å². The van der Waals surface area contributed by atoms with Gasteiger partial charge in [0.15, 0.2) is 0 Å². The molecule has 0 spiro atoms. The largest absolute Gasteiger partial charge is 0.475 e. The Balaban J connectivity index is 0.000000177. The number of aromatic nitrogens is 3. The second kappa shape index (κ2) is 15.2. The quantitative estimate of drug-likeness (QED) is 0.119. The van der Waals surface area contributed by atoms with Gasteiger partial charge in [0.2, 0.25) is 0 Å². The van der Waals surface area contributed by atoms with Crippen molar-refractivity contribution in [3.05, 3.63) is 109 Å². The van der Waals surface area contributed by atoms with Gasteiger partial charge in [-0.3, -0.25) is 0 Å². The molecule has 4 aromatic heterocycles. The molecule has 1 unspecified atom stereocenters. The van der Waals surface area contributed by atoms with Crippen molar-refractivity contribution in [1.82, 2.24) is 15.0 Å². The van der Waals surface area contributed by atoms with Gasteiger partial charge in [-0.25, -0.2) is 0 Å². The van der Waals surface area contributed by atoms with E-state index in [1.54, 1.807) is 0 Å². The summed E-state index contributed by atoms with van der Waals surface area (Å²) in [6.07, 6.45) is 15.4. The van der Waals surface area contributed by atoms with E-state index in [-0.39, 0.29) is 20.1 Å². The molecular weight excluding hydrogens is 795 g/mol. The molecule has 6 heteroatoms. The van der Waals surface area contributed by atoms with Crippen LogP contribution in [-0.4, -0.2) is 23.0 Å². The van der Waals surface area contributed by atoms with Crippen molar-refractivity contribution in [3.8, 4) is 22.5 Å². The van der Waals surface area contributed by atoms with Gasteiger partial charge in [-0.15, -0.1) is 41.5 Å². The number of furan rings is 1. The van der Waals surface area contributed by atoms with Gasteiger partial charge in [0.1, 0.15) is 5.58 Å². The zero-order valence-electron chi connectivity index (χ0n) is 29.4. The molecule has 0 amide bonds. The minimum atomic E-state index is -1.34. The van der Waals surface area contributed by atoms with Crippen LogP contribution in [0, 0.1) is 35.8 Å². The molecule has 3 fully saturated rings. The van der Waals surface area contributed by atoms with Crippen LogP contribution < -0.4 is 5.19 Å². The SMILES string of the molecule is CC(C)Cc1cc(-c2[c-]cccc2)ncc1[Si](C)(C)C.[Ir].[c-]1c(-c2cc(CC3CC4CCC3CC4)ccn2)cnc2c1oc1ccccc12. The van der Waals surface area contributed by atoms with Gasteiger partial charge in [-0.2, -0.15) is 0 Å². The Morgan fingerprint density at radius 2 is 1.63 bits per heavy atom. The summed E-state index contributed by atoms with van der Waals surface area (Å²) < 4.78 is 5.95. The first kappa shape index (κ1) is 35.4. The third-order valence-corrected chi connectivity index (χ3v) is 12.4. The van der Waals surface area contributed by atoms with Crippen LogP contribution in [0.25, 0.3) is 44.6 Å². The van der Waals surface area contributed by atoms with Gasteiger partial charge in [-0.05, 0) is 84.5 Å². The summed E-state index contributed by atoms with van der Waals surface area (Å²) in [4.78, 5) is 13.9. The predicted octanol–water partition coefficient (Wildman–Crippen LogP) is 10.5. The smallest absolute Gasteiger partial charge is 0.125 e. The first-order chi connectivity index (χ1) is 23.2. The number of pyridine rings is 3. The number of nitrogens with zero attached hydrogens (tertiary/aromatic N) is 3. The van der Waals surface area contributed by atoms with Gasteiger partial charge >= 0.3 is 0 Å². The van der Waals surface area contributed by atoms with Gasteiger partial charge in [0.25, 0.3) is 0 Å². The summed E-state index contributed by atoms with van der Waals surface area (Å²) in [7, 11) is -1.34. The monoisotopic (exact) mass is 842 g/mol. The minimum absolute atomic E-state index is 0. The van der Waals surface area contributed by atoms with E-state index in [9.17, 15) is 0 Å². The maximum absolute atomic E-state index is 5.95. The molecule has 255 valence electrons. The number of rotatable bonds is 7. The van der Waals surface area contributed by atoms with Gasteiger partial charge < -0.3 is 19.4 Å². The fourth-order valence-electron chi connectivity index (χ4n) is 7.96. The average Bonchev–Trinajstić information content (AvgIpc) is 3.47. The number of fused-ring (bicyclic) bond motifs is 6. The number of para-hydroxylation sites is 1. The molecule has 6 aromatic rings. The Morgan fingerprint density at radius 3 is 2.35 bits per heavy atom. The van der Waals surface area contributed by atoms with Crippen molar-refractivity contribution in [2.45, 2.75) is 78.4 Å². The molecule has 0 saturated heterocycles. The third kappa shape index (κ3) is 8.14. The number of hydrogen-bond donors (Lipinski definition) is 0. The summed E-state index contributed by atoms with van der Waals surface area (Å²) in [6.45, 7) is 11.7. The van der Waals surface area contributed by atoms with Crippen molar-refractivity contribution in [1.29, 1.82) is 0 Å². The first-order valence-electron chi connectivity index (χ1n) is 17.8. The van der Waals surface area contributed by atoms with E-state index in [0.29, 0.717) is 11.5 Å². The van der Waals surface area contributed by atoms with Crippen LogP contribution in [0.5, 0.6) is 0 Å². The van der Waals surface area contributed by atoms with Crippen molar-refractivity contribution in [2.24, 2.45) is 23.7 Å². The molecule has 0 aliphatic heterocycles. The zero-order valence-corrected chi connectivity index (χ0v) is 32.8. The molecule has 3 aliphatic carbocycles. The second-order valence-corrected chi connectivity index (χ2v) is 20.5. The minimum Gasteiger partial charge on any atom is -0.475 e. The molecule has 4 heterocycles. The molecule has 49 heavy (non-hydrogen) atoms. The Bertz CT molecular complexity index is 2010. The van der Waals surface area contributed by atoms with Crippen molar-refractivity contribution in [3.63, 3.8) is 0 Å².